The molecule has 0 bridgehead atoms. The SMILES string of the molecule is Cc1cc(C)n2c(COc3ccc(N)cc3)nnc2n1. The second-order valence-electron chi connectivity index (χ2n) is 4.65. The van der Waals surface area contributed by atoms with Gasteiger partial charge in [0.25, 0.3) is 5.78 Å². The topological polar surface area (TPSA) is 78.3 Å². The van der Waals surface area contributed by atoms with Gasteiger partial charge in [-0.15, -0.1) is 10.2 Å². The van der Waals surface area contributed by atoms with Crippen LogP contribution in [0.2, 0.25) is 0 Å². The Hall–Kier alpha value is -2.63. The molecule has 0 atom stereocenters. The third-order valence-corrected chi connectivity index (χ3v) is 3.01. The highest BCUT2D eigenvalue weighted by Gasteiger charge is 2.10. The van der Waals surface area contributed by atoms with Gasteiger partial charge in [0.05, 0.1) is 0 Å². The molecule has 6 nitrogen and oxygen atoms in total. The Bertz CT molecular complexity index is 748. The minimum Gasteiger partial charge on any atom is -0.486 e. The molecule has 0 fully saturated rings. The molecular formula is C14H15N5O. The Kier molecular flexibility index (Phi) is 2.98. The first-order valence-corrected chi connectivity index (χ1v) is 6.30. The average molecular weight is 269 g/mol. The van der Waals surface area contributed by atoms with Gasteiger partial charge in [0.2, 0.25) is 0 Å². The predicted molar refractivity (Wildman–Crippen MR) is 75.4 cm³/mol. The van der Waals surface area contributed by atoms with E-state index in [1.165, 1.54) is 0 Å². The molecule has 0 saturated carbocycles. The average Bonchev–Trinajstić information content (AvgIpc) is 2.81. The summed E-state index contributed by atoms with van der Waals surface area (Å²) < 4.78 is 7.59. The zero-order valence-corrected chi connectivity index (χ0v) is 11.4. The summed E-state index contributed by atoms with van der Waals surface area (Å²) in [6.07, 6.45) is 0. The number of nitrogen functional groups attached to an aromatic ring is 1. The summed E-state index contributed by atoms with van der Waals surface area (Å²) >= 11 is 0. The van der Waals surface area contributed by atoms with Gasteiger partial charge in [-0.05, 0) is 44.2 Å². The summed E-state index contributed by atoms with van der Waals surface area (Å²) in [5.41, 5.74) is 8.30. The maximum absolute atomic E-state index is 5.69. The fourth-order valence-corrected chi connectivity index (χ4v) is 2.10. The molecule has 6 heteroatoms. The number of rotatable bonds is 3. The fourth-order valence-electron chi connectivity index (χ4n) is 2.10. The molecule has 0 aliphatic carbocycles. The standard InChI is InChI=1S/C14H15N5O/c1-9-7-10(2)19-13(17-18-14(19)16-9)8-20-12-5-3-11(15)4-6-12/h3-7H,8,15H2,1-2H3. The van der Waals surface area contributed by atoms with Crippen LogP contribution in [0, 0.1) is 13.8 Å². The monoisotopic (exact) mass is 269 g/mol. The second-order valence-corrected chi connectivity index (χ2v) is 4.65. The first-order valence-electron chi connectivity index (χ1n) is 6.30. The van der Waals surface area contributed by atoms with Crippen LogP contribution in [0.3, 0.4) is 0 Å². The van der Waals surface area contributed by atoms with Crippen molar-refractivity contribution in [1.29, 1.82) is 0 Å². The van der Waals surface area contributed by atoms with Gasteiger partial charge in [-0.2, -0.15) is 0 Å². The van der Waals surface area contributed by atoms with Gasteiger partial charge in [0.15, 0.2) is 5.82 Å². The molecule has 0 aliphatic rings. The minimum atomic E-state index is 0.330. The first kappa shape index (κ1) is 12.4. The molecule has 2 heterocycles. The molecule has 3 aromatic rings. The maximum Gasteiger partial charge on any atom is 0.255 e. The molecule has 0 aliphatic heterocycles. The van der Waals surface area contributed by atoms with Crippen molar-refractivity contribution in [2.45, 2.75) is 20.5 Å². The number of fused-ring (bicyclic) bond motifs is 1. The zero-order chi connectivity index (χ0) is 14.1. The second kappa shape index (κ2) is 4.80. The van der Waals surface area contributed by atoms with E-state index in [2.05, 4.69) is 15.2 Å². The molecule has 0 unspecified atom stereocenters. The number of benzene rings is 1. The Labute approximate surface area is 116 Å². The number of nitrogens with two attached hydrogens (primary N) is 1. The molecule has 2 N–H and O–H groups in total. The van der Waals surface area contributed by atoms with E-state index in [0.29, 0.717) is 18.1 Å². The van der Waals surface area contributed by atoms with E-state index < -0.39 is 0 Å². The van der Waals surface area contributed by atoms with Crippen molar-refractivity contribution in [2.75, 3.05) is 5.73 Å². The largest absolute Gasteiger partial charge is 0.486 e. The van der Waals surface area contributed by atoms with Crippen LogP contribution in [0.25, 0.3) is 5.78 Å². The summed E-state index contributed by atoms with van der Waals surface area (Å²) in [6, 6.07) is 9.24. The van der Waals surface area contributed by atoms with E-state index in [1.54, 1.807) is 12.1 Å². The lowest BCUT2D eigenvalue weighted by molar-refractivity contribution is 0.294. The van der Waals surface area contributed by atoms with E-state index >= 15 is 0 Å². The van der Waals surface area contributed by atoms with Crippen molar-refractivity contribution >= 4 is 11.5 Å². The summed E-state index contributed by atoms with van der Waals surface area (Å²) in [5, 5.41) is 8.20. The van der Waals surface area contributed by atoms with Gasteiger partial charge in [-0.1, -0.05) is 0 Å². The molecule has 2 aromatic heterocycles. The van der Waals surface area contributed by atoms with Crippen LogP contribution in [0.4, 0.5) is 5.69 Å². The number of nitrogens with zero attached hydrogens (tertiary/aromatic N) is 4. The Balaban J connectivity index is 1.86. The summed E-state index contributed by atoms with van der Waals surface area (Å²) in [4.78, 5) is 4.34. The highest BCUT2D eigenvalue weighted by molar-refractivity contribution is 5.41. The third-order valence-electron chi connectivity index (χ3n) is 3.01. The van der Waals surface area contributed by atoms with Gasteiger partial charge in [0.1, 0.15) is 12.4 Å². The Morgan fingerprint density at radius 3 is 2.65 bits per heavy atom. The predicted octanol–water partition coefficient (Wildman–Crippen LogP) is 1.90. The van der Waals surface area contributed by atoms with Crippen LogP contribution in [-0.2, 0) is 6.61 Å². The van der Waals surface area contributed by atoms with E-state index in [-0.39, 0.29) is 0 Å². The maximum atomic E-state index is 5.69. The third kappa shape index (κ3) is 2.27. The minimum absolute atomic E-state index is 0.330. The fraction of sp³-hybridized carbons (Fsp3) is 0.214. The first-order chi connectivity index (χ1) is 9.63. The van der Waals surface area contributed by atoms with Crippen molar-refractivity contribution in [3.8, 4) is 5.75 Å². The Morgan fingerprint density at radius 2 is 1.90 bits per heavy atom. The van der Waals surface area contributed by atoms with Gasteiger partial charge in [-0.25, -0.2) is 4.98 Å². The van der Waals surface area contributed by atoms with Crippen LogP contribution in [0.5, 0.6) is 5.75 Å². The lowest BCUT2D eigenvalue weighted by atomic mass is 10.3. The number of aromatic nitrogens is 4. The van der Waals surface area contributed by atoms with E-state index in [0.717, 1.165) is 23.0 Å². The normalized spacial score (nSPS) is 10.9. The van der Waals surface area contributed by atoms with Gasteiger partial charge >= 0.3 is 0 Å². The zero-order valence-electron chi connectivity index (χ0n) is 11.4. The van der Waals surface area contributed by atoms with Gasteiger partial charge in [-0.3, -0.25) is 4.40 Å². The van der Waals surface area contributed by atoms with Crippen LogP contribution in [0.1, 0.15) is 17.2 Å². The van der Waals surface area contributed by atoms with Gasteiger partial charge in [0, 0.05) is 17.1 Å². The molecule has 0 amide bonds. The smallest absolute Gasteiger partial charge is 0.255 e. The molecule has 102 valence electrons. The Morgan fingerprint density at radius 1 is 1.15 bits per heavy atom. The summed E-state index contributed by atoms with van der Waals surface area (Å²) in [5.74, 6) is 2.06. The van der Waals surface area contributed by atoms with Crippen molar-refractivity contribution < 1.29 is 4.74 Å². The molecule has 3 rings (SSSR count). The molecule has 0 spiro atoms. The highest BCUT2D eigenvalue weighted by Crippen LogP contribution is 2.15. The van der Waals surface area contributed by atoms with Crippen molar-refractivity contribution in [2.24, 2.45) is 0 Å². The quantitative estimate of drug-likeness (QED) is 0.735. The van der Waals surface area contributed by atoms with E-state index in [4.69, 9.17) is 10.5 Å². The van der Waals surface area contributed by atoms with Gasteiger partial charge < -0.3 is 10.5 Å². The molecule has 20 heavy (non-hydrogen) atoms. The lowest BCUT2D eigenvalue weighted by Gasteiger charge is -2.07. The van der Waals surface area contributed by atoms with E-state index in [9.17, 15) is 0 Å². The molecule has 1 aromatic carbocycles. The molecular weight excluding hydrogens is 254 g/mol. The summed E-state index contributed by atoms with van der Waals surface area (Å²) in [6.45, 7) is 4.26. The van der Waals surface area contributed by atoms with Crippen molar-refractivity contribution in [1.82, 2.24) is 19.6 Å². The van der Waals surface area contributed by atoms with E-state index in [1.807, 2.05) is 36.4 Å². The van der Waals surface area contributed by atoms with Crippen molar-refractivity contribution in [3.05, 3.63) is 47.5 Å². The van der Waals surface area contributed by atoms with Crippen molar-refractivity contribution in [3.63, 3.8) is 0 Å². The van der Waals surface area contributed by atoms with Crippen LogP contribution in [0.15, 0.2) is 30.3 Å². The lowest BCUT2D eigenvalue weighted by Crippen LogP contribution is -2.05. The van der Waals surface area contributed by atoms with Crippen LogP contribution < -0.4 is 10.5 Å². The van der Waals surface area contributed by atoms with Crippen LogP contribution in [-0.4, -0.2) is 19.6 Å². The molecule has 0 radical (unpaired) electrons. The number of anilines is 1. The summed E-state index contributed by atoms with van der Waals surface area (Å²) in [7, 11) is 0. The highest BCUT2D eigenvalue weighted by atomic mass is 16.5. The number of hydrogen-bond donors (Lipinski definition) is 1. The number of ether oxygens (including phenoxy) is 1. The number of hydrogen-bond acceptors (Lipinski definition) is 5. The van der Waals surface area contributed by atoms with Crippen LogP contribution >= 0.6 is 0 Å². The number of aryl methyl sites for hydroxylation is 2. The molecule has 0 saturated heterocycles.